The molecule has 1 aromatic carbocycles. The van der Waals surface area contributed by atoms with E-state index in [4.69, 9.17) is 0 Å². The van der Waals surface area contributed by atoms with Crippen molar-refractivity contribution in [1.82, 2.24) is 10.2 Å². The molecule has 0 amide bonds. The van der Waals surface area contributed by atoms with Crippen molar-refractivity contribution < 1.29 is 5.11 Å². The molecule has 3 rings (SSSR count). The lowest BCUT2D eigenvalue weighted by molar-refractivity contribution is 0.0831. The van der Waals surface area contributed by atoms with E-state index in [9.17, 15) is 5.11 Å². The molecule has 1 aliphatic heterocycles. The standard InChI is InChI=1S/C15H21BrN2O.2ClH/c16-14-5-4-12(19)10-13(14)15(11-2-1-3-11)18-8-6-17-7-9-18;;/h4-5,10-11,15,17,19H,1-3,6-9H2;2*1H/t15-;;/m1../s1. The maximum absolute atomic E-state index is 9.81. The molecule has 1 aliphatic carbocycles. The Bertz CT molecular complexity index is 451. The van der Waals surface area contributed by atoms with Crippen LogP contribution in [0.3, 0.4) is 0 Å². The van der Waals surface area contributed by atoms with Crippen LogP contribution in [0.25, 0.3) is 0 Å². The number of aromatic hydroxyl groups is 1. The van der Waals surface area contributed by atoms with Gasteiger partial charge in [0.15, 0.2) is 0 Å². The number of rotatable bonds is 3. The Hall–Kier alpha value is -0.000000000000000111. The van der Waals surface area contributed by atoms with Gasteiger partial charge in [-0.25, -0.2) is 0 Å². The van der Waals surface area contributed by atoms with E-state index in [2.05, 4.69) is 26.1 Å². The summed E-state index contributed by atoms with van der Waals surface area (Å²) in [5, 5.41) is 13.2. The minimum absolute atomic E-state index is 0. The van der Waals surface area contributed by atoms with Crippen molar-refractivity contribution in [3.8, 4) is 5.75 Å². The molecule has 6 heteroatoms. The van der Waals surface area contributed by atoms with Crippen molar-refractivity contribution in [2.24, 2.45) is 5.92 Å². The van der Waals surface area contributed by atoms with Gasteiger partial charge in [0, 0.05) is 36.7 Å². The first-order valence-corrected chi connectivity index (χ1v) is 7.98. The third-order valence-electron chi connectivity index (χ3n) is 4.44. The molecule has 0 aromatic heterocycles. The van der Waals surface area contributed by atoms with Crippen LogP contribution in [0.2, 0.25) is 0 Å². The highest BCUT2D eigenvalue weighted by Crippen LogP contribution is 2.44. The van der Waals surface area contributed by atoms with Gasteiger partial charge in [0.1, 0.15) is 5.75 Å². The zero-order chi connectivity index (χ0) is 13.2. The monoisotopic (exact) mass is 396 g/mol. The molecule has 0 spiro atoms. The molecular formula is C15H23BrCl2N2O. The second-order valence-electron chi connectivity index (χ2n) is 5.63. The molecule has 120 valence electrons. The Morgan fingerprint density at radius 1 is 1.19 bits per heavy atom. The average Bonchev–Trinajstić information content (AvgIpc) is 2.38. The zero-order valence-electron chi connectivity index (χ0n) is 11.9. The summed E-state index contributed by atoms with van der Waals surface area (Å²) in [6.45, 7) is 4.34. The first-order valence-electron chi connectivity index (χ1n) is 7.19. The highest BCUT2D eigenvalue weighted by atomic mass is 79.9. The molecule has 1 atom stereocenters. The molecule has 1 heterocycles. The largest absolute Gasteiger partial charge is 0.508 e. The van der Waals surface area contributed by atoms with E-state index >= 15 is 0 Å². The number of hydrogen-bond donors (Lipinski definition) is 2. The number of phenolic OH excluding ortho intramolecular Hbond substituents is 1. The Kier molecular flexibility index (Phi) is 7.79. The van der Waals surface area contributed by atoms with Gasteiger partial charge in [-0.05, 0) is 42.5 Å². The van der Waals surface area contributed by atoms with E-state index in [0.717, 1.165) is 36.6 Å². The van der Waals surface area contributed by atoms with E-state index in [1.54, 1.807) is 6.07 Å². The molecule has 2 aliphatic rings. The van der Waals surface area contributed by atoms with Crippen LogP contribution < -0.4 is 5.32 Å². The molecule has 0 bridgehead atoms. The van der Waals surface area contributed by atoms with Crippen LogP contribution in [0.4, 0.5) is 0 Å². The number of hydrogen-bond acceptors (Lipinski definition) is 3. The van der Waals surface area contributed by atoms with Crippen molar-refractivity contribution in [3.05, 3.63) is 28.2 Å². The molecule has 0 radical (unpaired) electrons. The van der Waals surface area contributed by atoms with Gasteiger partial charge in [-0.15, -0.1) is 24.8 Å². The van der Waals surface area contributed by atoms with E-state index in [0.29, 0.717) is 11.8 Å². The summed E-state index contributed by atoms with van der Waals surface area (Å²) >= 11 is 3.67. The fraction of sp³-hybridized carbons (Fsp3) is 0.600. The zero-order valence-corrected chi connectivity index (χ0v) is 15.1. The predicted molar refractivity (Wildman–Crippen MR) is 94.8 cm³/mol. The van der Waals surface area contributed by atoms with Crippen molar-refractivity contribution in [1.29, 1.82) is 0 Å². The fourth-order valence-electron chi connectivity index (χ4n) is 3.22. The average molecular weight is 398 g/mol. The van der Waals surface area contributed by atoms with Gasteiger partial charge in [-0.1, -0.05) is 22.4 Å². The maximum Gasteiger partial charge on any atom is 0.115 e. The lowest BCUT2D eigenvalue weighted by Gasteiger charge is -2.43. The van der Waals surface area contributed by atoms with E-state index < -0.39 is 0 Å². The maximum atomic E-state index is 9.81. The number of nitrogens with one attached hydrogen (secondary N) is 1. The lowest BCUT2D eigenvalue weighted by Crippen LogP contribution is -2.47. The summed E-state index contributed by atoms with van der Waals surface area (Å²) in [7, 11) is 0. The van der Waals surface area contributed by atoms with Gasteiger partial charge >= 0.3 is 0 Å². The van der Waals surface area contributed by atoms with Gasteiger partial charge in [-0.3, -0.25) is 4.90 Å². The SMILES string of the molecule is Cl.Cl.Oc1ccc(Br)c([C@@H](C2CCC2)N2CCNCC2)c1. The molecular weight excluding hydrogens is 375 g/mol. The molecule has 2 N–H and O–H groups in total. The normalized spacial score (nSPS) is 20.8. The predicted octanol–water partition coefficient (Wildman–Crippen LogP) is 3.74. The second kappa shape index (κ2) is 8.59. The molecule has 21 heavy (non-hydrogen) atoms. The molecule has 2 fully saturated rings. The van der Waals surface area contributed by atoms with E-state index in [-0.39, 0.29) is 24.8 Å². The highest BCUT2D eigenvalue weighted by Gasteiger charge is 2.34. The number of phenols is 1. The van der Waals surface area contributed by atoms with Gasteiger partial charge in [0.05, 0.1) is 0 Å². The minimum atomic E-state index is 0. The van der Waals surface area contributed by atoms with Gasteiger partial charge in [0.25, 0.3) is 0 Å². The summed E-state index contributed by atoms with van der Waals surface area (Å²) in [6.07, 6.45) is 3.98. The third kappa shape index (κ3) is 4.26. The molecule has 1 saturated carbocycles. The Balaban J connectivity index is 0.00000110. The van der Waals surface area contributed by atoms with Gasteiger partial charge < -0.3 is 10.4 Å². The minimum Gasteiger partial charge on any atom is -0.508 e. The van der Waals surface area contributed by atoms with Crippen LogP contribution in [-0.2, 0) is 0 Å². The summed E-state index contributed by atoms with van der Waals surface area (Å²) in [5.41, 5.74) is 1.26. The molecule has 1 saturated heterocycles. The molecule has 0 unspecified atom stereocenters. The topological polar surface area (TPSA) is 35.5 Å². The smallest absolute Gasteiger partial charge is 0.115 e. The van der Waals surface area contributed by atoms with Crippen LogP contribution in [0.5, 0.6) is 5.75 Å². The van der Waals surface area contributed by atoms with Crippen LogP contribution in [0.15, 0.2) is 22.7 Å². The number of piperazine rings is 1. The van der Waals surface area contributed by atoms with Gasteiger partial charge in [0.2, 0.25) is 0 Å². The van der Waals surface area contributed by atoms with Crippen LogP contribution >= 0.6 is 40.7 Å². The van der Waals surface area contributed by atoms with Crippen molar-refractivity contribution >= 4 is 40.7 Å². The molecule has 1 aromatic rings. The summed E-state index contributed by atoms with van der Waals surface area (Å²) in [6, 6.07) is 6.12. The van der Waals surface area contributed by atoms with Crippen LogP contribution in [0.1, 0.15) is 30.9 Å². The number of benzene rings is 1. The van der Waals surface area contributed by atoms with Crippen LogP contribution in [0, 0.1) is 5.92 Å². The summed E-state index contributed by atoms with van der Waals surface area (Å²) in [5.74, 6) is 1.12. The summed E-state index contributed by atoms with van der Waals surface area (Å²) in [4.78, 5) is 2.58. The quantitative estimate of drug-likeness (QED) is 0.815. The van der Waals surface area contributed by atoms with Crippen molar-refractivity contribution in [3.63, 3.8) is 0 Å². The summed E-state index contributed by atoms with van der Waals surface area (Å²) < 4.78 is 1.13. The van der Waals surface area contributed by atoms with Crippen LogP contribution in [-0.4, -0.2) is 36.2 Å². The second-order valence-corrected chi connectivity index (χ2v) is 6.48. The number of nitrogens with zero attached hydrogens (tertiary/aromatic N) is 1. The Morgan fingerprint density at radius 3 is 2.43 bits per heavy atom. The molecule has 3 nitrogen and oxygen atoms in total. The highest BCUT2D eigenvalue weighted by molar-refractivity contribution is 9.10. The van der Waals surface area contributed by atoms with Crippen molar-refractivity contribution in [2.45, 2.75) is 25.3 Å². The Labute approximate surface area is 147 Å². The first kappa shape index (κ1) is 19.0. The lowest BCUT2D eigenvalue weighted by atomic mass is 9.76. The first-order chi connectivity index (χ1) is 9.25. The van der Waals surface area contributed by atoms with E-state index in [1.165, 1.54) is 24.8 Å². The van der Waals surface area contributed by atoms with Gasteiger partial charge in [-0.2, -0.15) is 0 Å². The third-order valence-corrected chi connectivity index (χ3v) is 5.16. The van der Waals surface area contributed by atoms with Crippen molar-refractivity contribution in [2.75, 3.05) is 26.2 Å². The number of halogens is 3. The Morgan fingerprint density at radius 2 is 1.86 bits per heavy atom. The fourth-order valence-corrected chi connectivity index (χ4v) is 3.70. The van der Waals surface area contributed by atoms with E-state index in [1.807, 2.05) is 12.1 Å².